The van der Waals surface area contributed by atoms with E-state index in [2.05, 4.69) is 6.92 Å². The summed E-state index contributed by atoms with van der Waals surface area (Å²) in [5.74, 6) is 0.853. The first-order valence-corrected chi connectivity index (χ1v) is 6.06. The van der Waals surface area contributed by atoms with Crippen molar-refractivity contribution in [3.8, 4) is 0 Å². The number of aliphatic hydroxyl groups is 1. The van der Waals surface area contributed by atoms with E-state index >= 15 is 0 Å². The van der Waals surface area contributed by atoms with Gasteiger partial charge in [-0.05, 0) is 39.4 Å². The maximum atomic E-state index is 9.88. The van der Waals surface area contributed by atoms with Crippen LogP contribution in [0.2, 0.25) is 0 Å². The minimum absolute atomic E-state index is 0.00132. The predicted octanol–water partition coefficient (Wildman–Crippen LogP) is 1.76. The van der Waals surface area contributed by atoms with Crippen LogP contribution in [0.15, 0.2) is 22.8 Å². The van der Waals surface area contributed by atoms with Crippen molar-refractivity contribution >= 4 is 0 Å². The number of likely N-dealkylation sites (N-methyl/N-ethyl adjacent to an activating group) is 1. The fourth-order valence-electron chi connectivity index (χ4n) is 2.15. The zero-order valence-corrected chi connectivity index (χ0v) is 11.2. The molecule has 1 rings (SSSR count). The van der Waals surface area contributed by atoms with Crippen LogP contribution in [0.5, 0.6) is 0 Å². The summed E-state index contributed by atoms with van der Waals surface area (Å²) in [7, 11) is 1.96. The van der Waals surface area contributed by atoms with Gasteiger partial charge < -0.3 is 15.3 Å². The summed E-state index contributed by atoms with van der Waals surface area (Å²) in [6.07, 6.45) is 2.52. The molecule has 1 aromatic rings. The minimum atomic E-state index is -0.743. The fraction of sp³-hybridized carbons (Fsp3) is 0.692. The number of rotatable bonds is 6. The van der Waals surface area contributed by atoms with E-state index in [1.165, 1.54) is 0 Å². The lowest BCUT2D eigenvalue weighted by molar-refractivity contribution is 0.0230. The van der Waals surface area contributed by atoms with E-state index in [0.29, 0.717) is 6.54 Å². The molecule has 17 heavy (non-hydrogen) atoms. The molecule has 0 aliphatic rings. The zero-order valence-electron chi connectivity index (χ0n) is 11.2. The molecular formula is C13H24N2O2. The van der Waals surface area contributed by atoms with Crippen molar-refractivity contribution in [3.63, 3.8) is 0 Å². The Kier molecular flexibility index (Phi) is 4.74. The summed E-state index contributed by atoms with van der Waals surface area (Å²) in [4.78, 5) is 2.05. The summed E-state index contributed by atoms with van der Waals surface area (Å²) >= 11 is 0. The van der Waals surface area contributed by atoms with Gasteiger partial charge in [0.15, 0.2) is 0 Å². The van der Waals surface area contributed by atoms with E-state index < -0.39 is 5.60 Å². The van der Waals surface area contributed by atoms with E-state index in [1.807, 2.05) is 24.1 Å². The molecule has 0 aliphatic carbocycles. The van der Waals surface area contributed by atoms with Gasteiger partial charge in [0.25, 0.3) is 0 Å². The standard InChI is InChI=1S/C13H24N2O2/c1-5-10(14)12(11-7-6-8-17-11)15(4)9-13(2,3)16/h6-8,10,12,16H,5,9,14H2,1-4H3. The second-order valence-corrected chi connectivity index (χ2v) is 5.26. The van der Waals surface area contributed by atoms with Gasteiger partial charge in [-0.15, -0.1) is 0 Å². The zero-order chi connectivity index (χ0) is 13.1. The predicted molar refractivity (Wildman–Crippen MR) is 68.6 cm³/mol. The van der Waals surface area contributed by atoms with Gasteiger partial charge in [-0.25, -0.2) is 0 Å². The third-order valence-corrected chi connectivity index (χ3v) is 2.82. The van der Waals surface area contributed by atoms with Crippen molar-refractivity contribution in [1.29, 1.82) is 0 Å². The van der Waals surface area contributed by atoms with Crippen molar-refractivity contribution in [3.05, 3.63) is 24.2 Å². The average Bonchev–Trinajstić information content (AvgIpc) is 2.68. The molecule has 4 heteroatoms. The smallest absolute Gasteiger partial charge is 0.122 e. The SMILES string of the molecule is CCC(N)C(c1ccco1)N(C)CC(C)(C)O. The van der Waals surface area contributed by atoms with Crippen LogP contribution < -0.4 is 5.73 Å². The van der Waals surface area contributed by atoms with E-state index in [4.69, 9.17) is 10.2 Å². The molecule has 0 saturated carbocycles. The first-order valence-electron chi connectivity index (χ1n) is 6.06. The maximum Gasteiger partial charge on any atom is 0.122 e. The van der Waals surface area contributed by atoms with E-state index in [0.717, 1.165) is 12.2 Å². The quantitative estimate of drug-likeness (QED) is 0.795. The normalized spacial score (nSPS) is 16.2. The molecule has 0 radical (unpaired) electrons. The van der Waals surface area contributed by atoms with Crippen LogP contribution in [0.25, 0.3) is 0 Å². The van der Waals surface area contributed by atoms with E-state index in [1.54, 1.807) is 20.1 Å². The summed E-state index contributed by atoms with van der Waals surface area (Å²) in [5.41, 5.74) is 5.40. The Bertz CT molecular complexity index is 317. The van der Waals surface area contributed by atoms with Crippen LogP contribution >= 0.6 is 0 Å². The molecule has 0 saturated heterocycles. The second-order valence-electron chi connectivity index (χ2n) is 5.26. The third kappa shape index (κ3) is 4.15. The van der Waals surface area contributed by atoms with Gasteiger partial charge in [0.1, 0.15) is 5.76 Å². The summed E-state index contributed by atoms with van der Waals surface area (Å²) in [5, 5.41) is 9.88. The fourth-order valence-corrected chi connectivity index (χ4v) is 2.15. The molecule has 0 spiro atoms. The van der Waals surface area contributed by atoms with Crippen LogP contribution in [0.1, 0.15) is 39.0 Å². The molecule has 98 valence electrons. The van der Waals surface area contributed by atoms with E-state index in [9.17, 15) is 5.11 Å². The molecule has 1 aromatic heterocycles. The van der Waals surface area contributed by atoms with Gasteiger partial charge in [-0.1, -0.05) is 6.92 Å². The van der Waals surface area contributed by atoms with Crippen LogP contribution in [-0.2, 0) is 0 Å². The van der Waals surface area contributed by atoms with Gasteiger partial charge in [0, 0.05) is 12.6 Å². The highest BCUT2D eigenvalue weighted by atomic mass is 16.3. The number of furan rings is 1. The highest BCUT2D eigenvalue weighted by molar-refractivity contribution is 5.07. The molecule has 1 heterocycles. The molecular weight excluding hydrogens is 216 g/mol. The Labute approximate surface area is 103 Å². The molecule has 0 fully saturated rings. The monoisotopic (exact) mass is 240 g/mol. The van der Waals surface area contributed by atoms with Crippen LogP contribution in [0.4, 0.5) is 0 Å². The van der Waals surface area contributed by atoms with Gasteiger partial charge in [-0.2, -0.15) is 0 Å². The number of nitrogens with zero attached hydrogens (tertiary/aromatic N) is 1. The minimum Gasteiger partial charge on any atom is -0.468 e. The summed E-state index contributed by atoms with van der Waals surface area (Å²) < 4.78 is 5.45. The molecule has 0 aromatic carbocycles. The van der Waals surface area contributed by atoms with Gasteiger partial charge in [-0.3, -0.25) is 4.90 Å². The number of hydrogen-bond donors (Lipinski definition) is 2. The highest BCUT2D eigenvalue weighted by Crippen LogP contribution is 2.25. The van der Waals surface area contributed by atoms with Crippen LogP contribution in [-0.4, -0.2) is 35.2 Å². The van der Waals surface area contributed by atoms with Crippen LogP contribution in [0.3, 0.4) is 0 Å². The van der Waals surface area contributed by atoms with Gasteiger partial charge in [0.05, 0.1) is 17.9 Å². The van der Waals surface area contributed by atoms with Crippen molar-refractivity contribution < 1.29 is 9.52 Å². The second kappa shape index (κ2) is 5.67. The first kappa shape index (κ1) is 14.2. The Morgan fingerprint density at radius 1 is 1.53 bits per heavy atom. The third-order valence-electron chi connectivity index (χ3n) is 2.82. The Morgan fingerprint density at radius 3 is 2.59 bits per heavy atom. The molecule has 3 N–H and O–H groups in total. The lowest BCUT2D eigenvalue weighted by Gasteiger charge is -2.34. The summed E-state index contributed by atoms with van der Waals surface area (Å²) in [6.45, 7) is 6.19. The molecule has 0 bridgehead atoms. The Hall–Kier alpha value is -0.840. The lowest BCUT2D eigenvalue weighted by atomic mass is 10.0. The van der Waals surface area contributed by atoms with Gasteiger partial charge in [0.2, 0.25) is 0 Å². The molecule has 4 nitrogen and oxygen atoms in total. The van der Waals surface area contributed by atoms with Crippen LogP contribution in [0, 0.1) is 0 Å². The molecule has 0 aliphatic heterocycles. The lowest BCUT2D eigenvalue weighted by Crippen LogP contribution is -2.44. The van der Waals surface area contributed by atoms with Crippen molar-refractivity contribution in [2.45, 2.75) is 44.9 Å². The van der Waals surface area contributed by atoms with Crippen molar-refractivity contribution in [1.82, 2.24) is 4.90 Å². The van der Waals surface area contributed by atoms with Gasteiger partial charge >= 0.3 is 0 Å². The van der Waals surface area contributed by atoms with E-state index in [-0.39, 0.29) is 12.1 Å². The first-order chi connectivity index (χ1) is 7.85. The summed E-state index contributed by atoms with van der Waals surface area (Å²) in [6, 6.07) is 3.79. The number of hydrogen-bond acceptors (Lipinski definition) is 4. The largest absolute Gasteiger partial charge is 0.468 e. The Morgan fingerprint density at radius 2 is 2.18 bits per heavy atom. The topological polar surface area (TPSA) is 62.6 Å². The molecule has 2 atom stereocenters. The van der Waals surface area contributed by atoms with Crippen molar-refractivity contribution in [2.75, 3.05) is 13.6 Å². The molecule has 2 unspecified atom stereocenters. The average molecular weight is 240 g/mol. The maximum absolute atomic E-state index is 9.88. The highest BCUT2D eigenvalue weighted by Gasteiger charge is 2.28. The number of nitrogens with two attached hydrogens (primary N) is 1. The molecule has 0 amide bonds. The van der Waals surface area contributed by atoms with Crippen molar-refractivity contribution in [2.24, 2.45) is 5.73 Å². The Balaban J connectivity index is 2.84.